The molecule has 2 aromatic rings. The van der Waals surface area contributed by atoms with Crippen molar-refractivity contribution in [1.29, 1.82) is 0 Å². The summed E-state index contributed by atoms with van der Waals surface area (Å²) in [5.41, 5.74) is 0.859. The number of piperidine rings is 1. The second-order valence-electron chi connectivity index (χ2n) is 5.84. The molecule has 0 amide bonds. The second kappa shape index (κ2) is 7.77. The predicted octanol–water partition coefficient (Wildman–Crippen LogP) is 3.17. The van der Waals surface area contributed by atoms with Crippen LogP contribution in [0.2, 0.25) is 5.02 Å². The summed E-state index contributed by atoms with van der Waals surface area (Å²) in [5.74, 6) is 0.900. The van der Waals surface area contributed by atoms with Crippen molar-refractivity contribution in [3.05, 3.63) is 35.2 Å². The van der Waals surface area contributed by atoms with E-state index in [9.17, 15) is 4.79 Å². The normalized spacial score (nSPS) is 18.5. The van der Waals surface area contributed by atoms with E-state index < -0.39 is 0 Å². The van der Waals surface area contributed by atoms with Gasteiger partial charge < -0.3 is 9.26 Å². The van der Waals surface area contributed by atoms with Crippen LogP contribution in [0, 0.1) is 5.92 Å². The Hall–Kier alpha value is -1.92. The maximum absolute atomic E-state index is 11.9. The molecule has 1 atom stereocenters. The average molecular weight is 350 g/mol. The molecule has 24 heavy (non-hydrogen) atoms. The minimum Gasteiger partial charge on any atom is -0.466 e. The number of halogens is 1. The first-order chi connectivity index (χ1) is 11.7. The van der Waals surface area contributed by atoms with Crippen LogP contribution in [0.4, 0.5) is 0 Å². The second-order valence-corrected chi connectivity index (χ2v) is 6.28. The molecular formula is C17H20ClN3O3. The summed E-state index contributed by atoms with van der Waals surface area (Å²) in [5, 5.41) is 4.69. The first-order valence-electron chi connectivity index (χ1n) is 8.13. The third-order valence-corrected chi connectivity index (χ3v) is 4.31. The van der Waals surface area contributed by atoms with Crippen molar-refractivity contribution in [1.82, 2.24) is 15.0 Å². The van der Waals surface area contributed by atoms with Gasteiger partial charge in [0, 0.05) is 17.1 Å². The van der Waals surface area contributed by atoms with E-state index in [0.717, 1.165) is 24.9 Å². The lowest BCUT2D eigenvalue weighted by molar-refractivity contribution is -0.150. The lowest BCUT2D eigenvalue weighted by atomic mass is 9.98. The van der Waals surface area contributed by atoms with Crippen molar-refractivity contribution in [2.24, 2.45) is 5.92 Å². The molecule has 0 spiro atoms. The Bertz CT molecular complexity index is 687. The number of hydrogen-bond acceptors (Lipinski definition) is 6. The topological polar surface area (TPSA) is 68.5 Å². The molecule has 2 heterocycles. The SMILES string of the molecule is CCOC(=O)C1CCCN(Cc2nc(-c3ccc(Cl)cc3)no2)C1. The molecule has 7 heteroatoms. The Morgan fingerprint density at radius 1 is 1.42 bits per heavy atom. The Kier molecular flexibility index (Phi) is 5.48. The van der Waals surface area contributed by atoms with Crippen molar-refractivity contribution < 1.29 is 14.1 Å². The highest BCUT2D eigenvalue weighted by atomic mass is 35.5. The number of nitrogens with zero attached hydrogens (tertiary/aromatic N) is 3. The third-order valence-electron chi connectivity index (χ3n) is 4.05. The first kappa shape index (κ1) is 16.9. The van der Waals surface area contributed by atoms with E-state index in [1.807, 2.05) is 19.1 Å². The van der Waals surface area contributed by atoms with Crippen LogP contribution in [-0.4, -0.2) is 40.7 Å². The highest BCUT2D eigenvalue weighted by Crippen LogP contribution is 2.22. The fourth-order valence-corrected chi connectivity index (χ4v) is 3.00. The zero-order valence-electron chi connectivity index (χ0n) is 13.6. The maximum atomic E-state index is 11.9. The molecule has 1 saturated heterocycles. The summed E-state index contributed by atoms with van der Waals surface area (Å²) in [6.45, 7) is 4.36. The molecule has 128 valence electrons. The van der Waals surface area contributed by atoms with Crippen LogP contribution in [-0.2, 0) is 16.1 Å². The number of rotatable bonds is 5. The van der Waals surface area contributed by atoms with Crippen LogP contribution in [0.5, 0.6) is 0 Å². The molecule has 1 aliphatic heterocycles. The highest BCUT2D eigenvalue weighted by molar-refractivity contribution is 6.30. The summed E-state index contributed by atoms with van der Waals surface area (Å²) in [4.78, 5) is 18.5. The summed E-state index contributed by atoms with van der Waals surface area (Å²) in [6.07, 6.45) is 1.83. The summed E-state index contributed by atoms with van der Waals surface area (Å²) < 4.78 is 10.5. The predicted molar refractivity (Wildman–Crippen MR) is 89.4 cm³/mol. The van der Waals surface area contributed by atoms with Crippen molar-refractivity contribution in [3.63, 3.8) is 0 Å². The third kappa shape index (κ3) is 4.13. The minimum absolute atomic E-state index is 0.0719. The molecule has 0 radical (unpaired) electrons. The molecule has 0 saturated carbocycles. The van der Waals surface area contributed by atoms with Crippen LogP contribution >= 0.6 is 11.6 Å². The summed E-state index contributed by atoms with van der Waals surface area (Å²) >= 11 is 5.89. The van der Waals surface area contributed by atoms with Crippen LogP contribution in [0.25, 0.3) is 11.4 Å². The quantitative estimate of drug-likeness (QED) is 0.772. The molecule has 1 aromatic carbocycles. The van der Waals surface area contributed by atoms with E-state index in [1.165, 1.54) is 0 Å². The van der Waals surface area contributed by atoms with Crippen LogP contribution < -0.4 is 0 Å². The Labute approximate surface area is 145 Å². The van der Waals surface area contributed by atoms with E-state index in [2.05, 4.69) is 15.0 Å². The van der Waals surface area contributed by atoms with E-state index in [1.54, 1.807) is 12.1 Å². The van der Waals surface area contributed by atoms with Gasteiger partial charge in [-0.2, -0.15) is 4.98 Å². The van der Waals surface area contributed by atoms with Gasteiger partial charge in [0.1, 0.15) is 0 Å². The van der Waals surface area contributed by atoms with Crippen molar-refractivity contribution in [2.45, 2.75) is 26.3 Å². The number of ether oxygens (including phenoxy) is 1. The number of esters is 1. The van der Waals surface area contributed by atoms with Gasteiger partial charge in [0.2, 0.25) is 11.7 Å². The largest absolute Gasteiger partial charge is 0.466 e. The molecule has 3 rings (SSSR count). The van der Waals surface area contributed by atoms with Gasteiger partial charge in [-0.25, -0.2) is 0 Å². The monoisotopic (exact) mass is 349 g/mol. The molecule has 1 unspecified atom stereocenters. The van der Waals surface area contributed by atoms with Gasteiger partial charge in [-0.15, -0.1) is 0 Å². The zero-order chi connectivity index (χ0) is 16.9. The molecular weight excluding hydrogens is 330 g/mol. The van der Waals surface area contributed by atoms with E-state index in [-0.39, 0.29) is 11.9 Å². The number of likely N-dealkylation sites (tertiary alicyclic amines) is 1. The smallest absolute Gasteiger partial charge is 0.310 e. The molecule has 1 fully saturated rings. The van der Waals surface area contributed by atoms with Gasteiger partial charge in [-0.1, -0.05) is 16.8 Å². The highest BCUT2D eigenvalue weighted by Gasteiger charge is 2.27. The molecule has 0 aliphatic carbocycles. The van der Waals surface area contributed by atoms with E-state index >= 15 is 0 Å². The Morgan fingerprint density at radius 3 is 2.96 bits per heavy atom. The van der Waals surface area contributed by atoms with Gasteiger partial charge in [-0.05, 0) is 50.6 Å². The van der Waals surface area contributed by atoms with Gasteiger partial charge in [0.25, 0.3) is 0 Å². The lowest BCUT2D eigenvalue weighted by Gasteiger charge is -2.30. The minimum atomic E-state index is -0.116. The van der Waals surface area contributed by atoms with Gasteiger partial charge >= 0.3 is 5.97 Å². The number of hydrogen-bond donors (Lipinski definition) is 0. The van der Waals surface area contributed by atoms with Gasteiger partial charge in [-0.3, -0.25) is 9.69 Å². The van der Waals surface area contributed by atoms with Crippen LogP contribution in [0.3, 0.4) is 0 Å². The molecule has 0 bridgehead atoms. The molecule has 1 aliphatic rings. The van der Waals surface area contributed by atoms with Crippen molar-refractivity contribution in [3.8, 4) is 11.4 Å². The average Bonchev–Trinajstić information content (AvgIpc) is 3.04. The summed E-state index contributed by atoms with van der Waals surface area (Å²) in [6, 6.07) is 7.30. The fourth-order valence-electron chi connectivity index (χ4n) is 2.88. The first-order valence-corrected chi connectivity index (χ1v) is 8.51. The number of benzene rings is 1. The fraction of sp³-hybridized carbons (Fsp3) is 0.471. The number of carbonyl (C=O) groups is 1. The summed E-state index contributed by atoms with van der Waals surface area (Å²) in [7, 11) is 0. The van der Waals surface area contributed by atoms with Gasteiger partial charge in [0.15, 0.2) is 0 Å². The van der Waals surface area contributed by atoms with Crippen LogP contribution in [0.1, 0.15) is 25.7 Å². The molecule has 1 aromatic heterocycles. The van der Waals surface area contributed by atoms with Gasteiger partial charge in [0.05, 0.1) is 19.1 Å². The van der Waals surface area contributed by atoms with Crippen molar-refractivity contribution >= 4 is 17.6 Å². The standard InChI is InChI=1S/C17H20ClN3O3/c1-2-23-17(22)13-4-3-9-21(10-13)11-15-19-16(20-24-15)12-5-7-14(18)8-6-12/h5-8,13H,2-4,9-11H2,1H3. The number of aromatic nitrogens is 2. The number of carbonyl (C=O) groups excluding carboxylic acids is 1. The molecule has 0 N–H and O–H groups in total. The zero-order valence-corrected chi connectivity index (χ0v) is 14.3. The van der Waals surface area contributed by atoms with Crippen LogP contribution in [0.15, 0.2) is 28.8 Å². The molecule has 6 nitrogen and oxygen atoms in total. The lowest BCUT2D eigenvalue weighted by Crippen LogP contribution is -2.39. The maximum Gasteiger partial charge on any atom is 0.310 e. The van der Waals surface area contributed by atoms with E-state index in [0.29, 0.717) is 36.4 Å². The Balaban J connectivity index is 1.62. The van der Waals surface area contributed by atoms with E-state index in [4.69, 9.17) is 20.9 Å². The Morgan fingerprint density at radius 2 is 2.21 bits per heavy atom. The van der Waals surface area contributed by atoms with Crippen molar-refractivity contribution in [2.75, 3.05) is 19.7 Å².